The molecule has 0 amide bonds. The van der Waals surface area contributed by atoms with Gasteiger partial charge in [0, 0.05) is 10.2 Å². The lowest BCUT2D eigenvalue weighted by atomic mass is 10.2. The van der Waals surface area contributed by atoms with Crippen molar-refractivity contribution in [2.75, 3.05) is 5.73 Å². The summed E-state index contributed by atoms with van der Waals surface area (Å²) in [4.78, 5) is 0.252. The van der Waals surface area contributed by atoms with Crippen molar-refractivity contribution in [3.05, 3.63) is 58.6 Å². The van der Waals surface area contributed by atoms with Crippen molar-refractivity contribution in [1.29, 1.82) is 0 Å². The molecule has 2 rings (SSSR count). The largest absolute Gasteiger partial charge is 0.399 e. The summed E-state index contributed by atoms with van der Waals surface area (Å²) in [5, 5.41) is 0. The Morgan fingerprint density at radius 3 is 2.44 bits per heavy atom. The van der Waals surface area contributed by atoms with Crippen LogP contribution < -0.4 is 5.73 Å². The topological polar surface area (TPSA) is 60.2 Å². The number of nitrogen functional groups attached to an aromatic ring is 1. The van der Waals surface area contributed by atoms with Crippen molar-refractivity contribution in [1.82, 2.24) is 0 Å². The van der Waals surface area contributed by atoms with Gasteiger partial charge in [0.15, 0.2) is 9.84 Å². The lowest BCUT2D eigenvalue weighted by Crippen LogP contribution is -2.05. The second-order valence-electron chi connectivity index (χ2n) is 3.96. The SMILES string of the molecule is Nc1cccc(S(=O)(=O)Cc2cccc(Br)c2)c1. The first-order valence-electron chi connectivity index (χ1n) is 5.30. The van der Waals surface area contributed by atoms with Crippen LogP contribution in [-0.2, 0) is 15.6 Å². The minimum Gasteiger partial charge on any atom is -0.399 e. The van der Waals surface area contributed by atoms with Crippen LogP contribution in [0.15, 0.2) is 57.9 Å². The van der Waals surface area contributed by atoms with Crippen molar-refractivity contribution in [2.24, 2.45) is 0 Å². The first-order chi connectivity index (χ1) is 8.47. The highest BCUT2D eigenvalue weighted by atomic mass is 79.9. The van der Waals surface area contributed by atoms with E-state index in [1.54, 1.807) is 30.3 Å². The number of hydrogen-bond acceptors (Lipinski definition) is 3. The molecule has 2 N–H and O–H groups in total. The van der Waals surface area contributed by atoms with Crippen LogP contribution >= 0.6 is 15.9 Å². The highest BCUT2D eigenvalue weighted by molar-refractivity contribution is 9.10. The molecule has 0 saturated heterocycles. The predicted octanol–water partition coefficient (Wildman–Crippen LogP) is 3.01. The van der Waals surface area contributed by atoms with Crippen LogP contribution in [0.5, 0.6) is 0 Å². The van der Waals surface area contributed by atoms with Crippen molar-refractivity contribution < 1.29 is 8.42 Å². The number of benzene rings is 2. The van der Waals surface area contributed by atoms with Crippen molar-refractivity contribution in [2.45, 2.75) is 10.6 Å². The van der Waals surface area contributed by atoms with Gasteiger partial charge in [0.1, 0.15) is 0 Å². The highest BCUT2D eigenvalue weighted by Crippen LogP contribution is 2.20. The average Bonchev–Trinajstić information content (AvgIpc) is 2.28. The molecule has 0 aliphatic rings. The highest BCUT2D eigenvalue weighted by Gasteiger charge is 2.15. The summed E-state index contributed by atoms with van der Waals surface area (Å²) in [5.74, 6) is -0.0319. The van der Waals surface area contributed by atoms with E-state index in [9.17, 15) is 8.42 Å². The number of hydrogen-bond donors (Lipinski definition) is 1. The zero-order valence-corrected chi connectivity index (χ0v) is 11.9. The lowest BCUT2D eigenvalue weighted by Gasteiger charge is -2.06. The lowest BCUT2D eigenvalue weighted by molar-refractivity contribution is 0.595. The number of halogens is 1. The molecule has 2 aromatic rings. The van der Waals surface area contributed by atoms with Crippen molar-refractivity contribution in [3.63, 3.8) is 0 Å². The van der Waals surface area contributed by atoms with Crippen molar-refractivity contribution in [3.8, 4) is 0 Å². The summed E-state index contributed by atoms with van der Waals surface area (Å²) in [6, 6.07) is 13.6. The van der Waals surface area contributed by atoms with E-state index in [1.165, 1.54) is 6.07 Å². The fourth-order valence-corrected chi connectivity index (χ4v) is 3.47. The van der Waals surface area contributed by atoms with Gasteiger partial charge >= 0.3 is 0 Å². The van der Waals surface area contributed by atoms with E-state index in [4.69, 9.17) is 5.73 Å². The molecular formula is C13H12BrNO2S. The fraction of sp³-hybridized carbons (Fsp3) is 0.0769. The number of sulfone groups is 1. The van der Waals surface area contributed by atoms with Gasteiger partial charge in [-0.25, -0.2) is 8.42 Å². The van der Waals surface area contributed by atoms with E-state index >= 15 is 0 Å². The molecule has 0 heterocycles. The van der Waals surface area contributed by atoms with Gasteiger partial charge in [-0.1, -0.05) is 34.1 Å². The van der Waals surface area contributed by atoms with E-state index in [0.717, 1.165) is 10.0 Å². The van der Waals surface area contributed by atoms with E-state index in [1.807, 2.05) is 12.1 Å². The maximum atomic E-state index is 12.2. The van der Waals surface area contributed by atoms with Gasteiger partial charge in [-0.3, -0.25) is 0 Å². The normalized spacial score (nSPS) is 11.4. The maximum absolute atomic E-state index is 12.2. The molecule has 0 unspecified atom stereocenters. The third-order valence-electron chi connectivity index (χ3n) is 2.46. The Morgan fingerprint density at radius 2 is 1.78 bits per heavy atom. The molecule has 2 aromatic carbocycles. The quantitative estimate of drug-likeness (QED) is 0.882. The smallest absolute Gasteiger partial charge is 0.182 e. The second-order valence-corrected chi connectivity index (χ2v) is 6.87. The molecule has 0 aliphatic carbocycles. The summed E-state index contributed by atoms with van der Waals surface area (Å²) < 4.78 is 25.3. The van der Waals surface area contributed by atoms with Gasteiger partial charge in [-0.05, 0) is 35.9 Å². The van der Waals surface area contributed by atoms with Gasteiger partial charge in [0.05, 0.1) is 10.6 Å². The minimum absolute atomic E-state index is 0.0319. The second kappa shape index (κ2) is 5.12. The molecule has 0 aromatic heterocycles. The summed E-state index contributed by atoms with van der Waals surface area (Å²) in [5.41, 5.74) is 6.79. The standard InChI is InChI=1S/C13H12BrNO2S/c14-11-4-1-3-10(7-11)9-18(16,17)13-6-2-5-12(15)8-13/h1-8H,9,15H2. The van der Waals surface area contributed by atoms with Gasteiger partial charge in [-0.2, -0.15) is 0 Å². The van der Waals surface area contributed by atoms with Crippen LogP contribution in [0.3, 0.4) is 0 Å². The van der Waals surface area contributed by atoms with Crippen LogP contribution in [-0.4, -0.2) is 8.42 Å². The summed E-state index contributed by atoms with van der Waals surface area (Å²) in [7, 11) is -3.35. The van der Waals surface area contributed by atoms with E-state index < -0.39 is 9.84 Å². The van der Waals surface area contributed by atoms with E-state index in [0.29, 0.717) is 5.69 Å². The molecule has 3 nitrogen and oxygen atoms in total. The molecule has 0 fully saturated rings. The minimum atomic E-state index is -3.35. The Hall–Kier alpha value is -1.33. The molecule has 0 bridgehead atoms. The third-order valence-corrected chi connectivity index (χ3v) is 4.64. The zero-order chi connectivity index (χ0) is 13.2. The molecular weight excluding hydrogens is 314 g/mol. The van der Waals surface area contributed by atoms with Crippen LogP contribution in [0.2, 0.25) is 0 Å². The summed E-state index contributed by atoms with van der Waals surface area (Å²) in [6.45, 7) is 0. The molecule has 18 heavy (non-hydrogen) atoms. The number of anilines is 1. The van der Waals surface area contributed by atoms with Crippen LogP contribution in [0.4, 0.5) is 5.69 Å². The van der Waals surface area contributed by atoms with Gasteiger partial charge < -0.3 is 5.73 Å². The van der Waals surface area contributed by atoms with Gasteiger partial charge in [-0.15, -0.1) is 0 Å². The average molecular weight is 326 g/mol. The Labute approximate surface area is 115 Å². The maximum Gasteiger partial charge on any atom is 0.182 e. The van der Waals surface area contributed by atoms with Crippen LogP contribution in [0, 0.1) is 0 Å². The summed E-state index contributed by atoms with van der Waals surface area (Å²) in [6.07, 6.45) is 0. The first kappa shape index (κ1) is 13.1. The summed E-state index contributed by atoms with van der Waals surface area (Å²) >= 11 is 3.32. The predicted molar refractivity (Wildman–Crippen MR) is 75.9 cm³/mol. The van der Waals surface area contributed by atoms with Crippen LogP contribution in [0.25, 0.3) is 0 Å². The Morgan fingerprint density at radius 1 is 1.06 bits per heavy atom. The Bertz CT molecular complexity index is 668. The molecule has 0 spiro atoms. The molecule has 0 aliphatic heterocycles. The number of rotatable bonds is 3. The Kier molecular flexibility index (Phi) is 3.73. The molecule has 94 valence electrons. The van der Waals surface area contributed by atoms with Crippen LogP contribution in [0.1, 0.15) is 5.56 Å². The monoisotopic (exact) mass is 325 g/mol. The fourth-order valence-electron chi connectivity index (χ4n) is 1.64. The van der Waals surface area contributed by atoms with Crippen molar-refractivity contribution >= 4 is 31.5 Å². The zero-order valence-electron chi connectivity index (χ0n) is 9.51. The third kappa shape index (κ3) is 3.11. The molecule has 0 saturated carbocycles. The van der Waals surface area contributed by atoms with E-state index in [2.05, 4.69) is 15.9 Å². The van der Waals surface area contributed by atoms with Gasteiger partial charge in [0.2, 0.25) is 0 Å². The van der Waals surface area contributed by atoms with E-state index in [-0.39, 0.29) is 10.6 Å². The first-order valence-corrected chi connectivity index (χ1v) is 7.75. The molecule has 5 heteroatoms. The number of nitrogens with two attached hydrogens (primary N) is 1. The Balaban J connectivity index is 2.33. The molecule has 0 radical (unpaired) electrons. The molecule has 0 atom stereocenters. The van der Waals surface area contributed by atoms with Gasteiger partial charge in [0.25, 0.3) is 0 Å².